The molecule has 6 nitrogen and oxygen atoms in total. The molecule has 0 radical (unpaired) electrons. The smallest absolute Gasteiger partial charge is 0.137 e. The first kappa shape index (κ1) is 42.4. The third kappa shape index (κ3) is 7.77. The van der Waals surface area contributed by atoms with E-state index in [-0.39, 0.29) is 11.8 Å². The Kier molecular flexibility index (Phi) is 10.9. The number of fused-ring (bicyclic) bond motifs is 4. The van der Waals surface area contributed by atoms with Crippen molar-refractivity contribution < 1.29 is 13.5 Å². The van der Waals surface area contributed by atoms with Crippen molar-refractivity contribution in [3.05, 3.63) is 223 Å². The molecule has 8 aromatic carbocycles. The van der Waals surface area contributed by atoms with Gasteiger partial charge < -0.3 is 19.4 Å². The summed E-state index contributed by atoms with van der Waals surface area (Å²) in [4.78, 5) is 11.8. The Morgan fingerprint density at radius 3 is 1.74 bits per heavy atom. The number of hydrogen-bond donors (Lipinski definition) is 0. The molecule has 0 amide bonds. The van der Waals surface area contributed by atoms with Crippen LogP contribution in [0.4, 0.5) is 48.6 Å². The fourth-order valence-electron chi connectivity index (χ4n) is 9.78. The molecule has 8 heteroatoms. The van der Waals surface area contributed by atoms with Crippen molar-refractivity contribution in [3.63, 3.8) is 0 Å². The van der Waals surface area contributed by atoms with Gasteiger partial charge in [0.1, 0.15) is 35.6 Å². The number of rotatable bonds is 11. The van der Waals surface area contributed by atoms with Crippen LogP contribution in [-0.4, -0.2) is 16.2 Å². The maximum atomic E-state index is 14.7. The van der Waals surface area contributed by atoms with Gasteiger partial charge in [-0.2, -0.15) is 0 Å². The molecule has 3 heterocycles. The van der Waals surface area contributed by atoms with E-state index in [1.54, 1.807) is 0 Å². The minimum atomic E-state index is -0.595. The molecule has 2 aromatic heterocycles. The van der Waals surface area contributed by atoms with Crippen LogP contribution in [0.1, 0.15) is 50.7 Å². The normalized spacial score (nSPS) is 12.4. The van der Waals surface area contributed by atoms with Crippen molar-refractivity contribution in [3.8, 4) is 28.4 Å². The van der Waals surface area contributed by atoms with Gasteiger partial charge in [-0.05, 0) is 131 Å². The maximum absolute atomic E-state index is 14.7. The van der Waals surface area contributed by atoms with Gasteiger partial charge in [-0.15, -0.1) is 0 Å². The van der Waals surface area contributed by atoms with E-state index in [0.717, 1.165) is 90.2 Å². The Morgan fingerprint density at radius 1 is 0.500 bits per heavy atom. The summed E-state index contributed by atoms with van der Waals surface area (Å²) in [7, 11) is 0. The molecule has 0 saturated carbocycles. The number of anilines is 7. The second-order valence-corrected chi connectivity index (χ2v) is 18.0. The van der Waals surface area contributed by atoms with Crippen molar-refractivity contribution >= 4 is 61.6 Å². The Morgan fingerprint density at radius 2 is 1.09 bits per heavy atom. The van der Waals surface area contributed by atoms with E-state index in [1.165, 1.54) is 12.1 Å². The highest BCUT2D eigenvalue weighted by atomic mass is 19.1. The standard InChI is InChI=1S/C60H49F2N5O/c1-39(2)53-31-42(41-29-43(61)33-44(62)30-41)32-54(40(3)4)60(53)65-38-64(56-23-13-14-24-57(56)65)47-34-48(66(45-17-7-5-8-18-45)46-19-9-6-10-20-46)36-50(35-47)68-49-26-27-52-51-21-11-12-22-55(51)67(58(52)37-49)59-25-15-16-28-63-59/h5-37,39-40H,38H2,1-4H3. The lowest BCUT2D eigenvalue weighted by atomic mass is 9.87. The average molecular weight is 894 g/mol. The van der Waals surface area contributed by atoms with Crippen molar-refractivity contribution in [1.29, 1.82) is 0 Å². The van der Waals surface area contributed by atoms with E-state index in [1.807, 2.05) is 42.6 Å². The molecule has 0 N–H and O–H groups in total. The lowest BCUT2D eigenvalue weighted by Gasteiger charge is -2.31. The Bertz CT molecular complexity index is 3370. The van der Waals surface area contributed by atoms with Gasteiger partial charge in [0.15, 0.2) is 0 Å². The van der Waals surface area contributed by atoms with Crippen LogP contribution in [0, 0.1) is 11.6 Å². The quantitative estimate of drug-likeness (QED) is 0.129. The van der Waals surface area contributed by atoms with E-state index in [2.05, 4.69) is 186 Å². The monoisotopic (exact) mass is 893 g/mol. The van der Waals surface area contributed by atoms with Gasteiger partial charge in [0.25, 0.3) is 0 Å². The van der Waals surface area contributed by atoms with Crippen LogP contribution in [-0.2, 0) is 0 Å². The van der Waals surface area contributed by atoms with E-state index in [9.17, 15) is 8.78 Å². The Hall–Kier alpha value is -8.23. The second kappa shape index (κ2) is 17.5. The highest BCUT2D eigenvalue weighted by molar-refractivity contribution is 6.09. The molecule has 0 spiro atoms. The van der Waals surface area contributed by atoms with E-state index in [4.69, 9.17) is 9.72 Å². The summed E-state index contributed by atoms with van der Waals surface area (Å²) in [6, 6.07) is 64.5. The summed E-state index contributed by atoms with van der Waals surface area (Å²) < 4.78 is 38.6. The highest BCUT2D eigenvalue weighted by Crippen LogP contribution is 2.51. The molecular formula is C60H49F2N5O. The molecule has 0 aliphatic carbocycles. The van der Waals surface area contributed by atoms with Gasteiger partial charge in [-0.1, -0.05) is 100 Å². The molecule has 1 aliphatic heterocycles. The lowest BCUT2D eigenvalue weighted by molar-refractivity contribution is 0.483. The van der Waals surface area contributed by atoms with Gasteiger partial charge in [0.2, 0.25) is 0 Å². The molecule has 0 atom stereocenters. The Balaban J connectivity index is 1.08. The predicted octanol–water partition coefficient (Wildman–Crippen LogP) is 16.9. The third-order valence-corrected chi connectivity index (χ3v) is 12.9. The zero-order valence-electron chi connectivity index (χ0n) is 38.3. The molecule has 334 valence electrons. The number of halogens is 2. The van der Waals surface area contributed by atoms with Crippen molar-refractivity contribution in [2.24, 2.45) is 0 Å². The van der Waals surface area contributed by atoms with E-state index < -0.39 is 11.6 Å². The first-order chi connectivity index (χ1) is 33.2. The van der Waals surface area contributed by atoms with E-state index in [0.29, 0.717) is 23.7 Å². The number of para-hydroxylation sites is 5. The van der Waals surface area contributed by atoms with Crippen LogP contribution in [0.25, 0.3) is 38.8 Å². The fourth-order valence-corrected chi connectivity index (χ4v) is 9.78. The van der Waals surface area contributed by atoms with Crippen LogP contribution >= 0.6 is 0 Å². The Labute approximate surface area is 395 Å². The number of benzene rings is 8. The van der Waals surface area contributed by atoms with Gasteiger partial charge in [0, 0.05) is 64.0 Å². The third-order valence-electron chi connectivity index (χ3n) is 12.9. The molecule has 0 unspecified atom stereocenters. The zero-order valence-corrected chi connectivity index (χ0v) is 38.3. The molecule has 10 aromatic rings. The summed E-state index contributed by atoms with van der Waals surface area (Å²) in [5.74, 6) is 1.20. The fraction of sp³-hybridized carbons (Fsp3) is 0.117. The minimum Gasteiger partial charge on any atom is -0.457 e. The zero-order chi connectivity index (χ0) is 46.5. The summed E-state index contributed by atoms with van der Waals surface area (Å²) in [5.41, 5.74) is 12.7. The summed E-state index contributed by atoms with van der Waals surface area (Å²) in [6.45, 7) is 9.23. The van der Waals surface area contributed by atoms with Gasteiger partial charge in [0.05, 0.1) is 28.1 Å². The highest BCUT2D eigenvalue weighted by Gasteiger charge is 2.33. The summed E-state index contributed by atoms with van der Waals surface area (Å²) >= 11 is 0. The molecule has 1 aliphatic rings. The SMILES string of the molecule is CC(C)c1cc(-c2cc(F)cc(F)c2)cc(C(C)C)c1N1CN(c2cc(Oc3ccc4c5ccccc5n(-c5ccccn5)c4c3)cc(N(c3ccccc3)c3ccccc3)c2)c2ccccc21. The van der Waals surface area contributed by atoms with Crippen LogP contribution < -0.4 is 19.4 Å². The van der Waals surface area contributed by atoms with E-state index >= 15 is 0 Å². The number of aromatic nitrogens is 2. The second-order valence-electron chi connectivity index (χ2n) is 18.0. The molecule has 0 saturated heterocycles. The van der Waals surface area contributed by atoms with Gasteiger partial charge in [-0.3, -0.25) is 4.57 Å². The summed E-state index contributed by atoms with van der Waals surface area (Å²) in [6.07, 6.45) is 1.82. The first-order valence-corrected chi connectivity index (χ1v) is 23.1. The molecule has 68 heavy (non-hydrogen) atoms. The molecule has 0 fully saturated rings. The largest absolute Gasteiger partial charge is 0.457 e. The van der Waals surface area contributed by atoms with Crippen LogP contribution in [0.2, 0.25) is 0 Å². The molecule has 11 rings (SSSR count). The van der Waals surface area contributed by atoms with Gasteiger partial charge >= 0.3 is 0 Å². The number of pyridine rings is 1. The predicted molar refractivity (Wildman–Crippen MR) is 275 cm³/mol. The van der Waals surface area contributed by atoms with Crippen molar-refractivity contribution in [2.45, 2.75) is 39.5 Å². The number of hydrogen-bond acceptors (Lipinski definition) is 5. The van der Waals surface area contributed by atoms with Crippen LogP contribution in [0.5, 0.6) is 11.5 Å². The maximum Gasteiger partial charge on any atom is 0.137 e. The van der Waals surface area contributed by atoms with Crippen LogP contribution in [0.3, 0.4) is 0 Å². The van der Waals surface area contributed by atoms with Crippen LogP contribution in [0.15, 0.2) is 200 Å². The van der Waals surface area contributed by atoms with Gasteiger partial charge in [-0.25, -0.2) is 13.8 Å². The first-order valence-electron chi connectivity index (χ1n) is 23.1. The van der Waals surface area contributed by atoms with Crippen molar-refractivity contribution in [2.75, 3.05) is 21.4 Å². The minimum absolute atomic E-state index is 0.101. The topological polar surface area (TPSA) is 36.8 Å². The average Bonchev–Trinajstić information content (AvgIpc) is 3.90. The lowest BCUT2D eigenvalue weighted by Crippen LogP contribution is -2.26. The summed E-state index contributed by atoms with van der Waals surface area (Å²) in [5, 5.41) is 2.25. The molecular weight excluding hydrogens is 845 g/mol. The van der Waals surface area contributed by atoms with Crippen molar-refractivity contribution in [1.82, 2.24) is 9.55 Å². The number of nitrogens with zero attached hydrogens (tertiary/aromatic N) is 5. The number of ether oxygens (including phenoxy) is 1. The molecule has 0 bridgehead atoms.